The first kappa shape index (κ1) is 19.1. The highest BCUT2D eigenvalue weighted by Gasteiger charge is 2.23. The molecule has 0 atom stereocenters. The molecule has 0 aliphatic rings. The Labute approximate surface area is 149 Å². The fourth-order valence-electron chi connectivity index (χ4n) is 2.56. The summed E-state index contributed by atoms with van der Waals surface area (Å²) in [6, 6.07) is 9.88. The molecule has 0 unspecified atom stereocenters. The molecule has 0 fully saturated rings. The van der Waals surface area contributed by atoms with Gasteiger partial charge in [-0.3, -0.25) is 9.78 Å². The van der Waals surface area contributed by atoms with E-state index in [1.54, 1.807) is 50.3 Å². The molecule has 7 heteroatoms. The topological polar surface area (TPSA) is 70.6 Å². The Morgan fingerprint density at radius 2 is 1.84 bits per heavy atom. The monoisotopic (exact) mass is 361 g/mol. The number of hydrogen-bond donors (Lipinski definition) is 0. The summed E-state index contributed by atoms with van der Waals surface area (Å²) in [5.74, 6) is -0.236. The summed E-state index contributed by atoms with van der Waals surface area (Å²) in [6.07, 6.45) is 3.37. The lowest BCUT2D eigenvalue weighted by atomic mass is 10.2. The molecule has 1 heterocycles. The normalized spacial score (nSPS) is 11.5. The standard InChI is InChI=1S/C18H23N3O3S/c1-4-21(5-2)25(23,24)17-10-6-9-16(12-17)18(22)20(3)14-15-8-7-11-19-13-15/h6-13H,4-5,14H2,1-3H3. The quantitative estimate of drug-likeness (QED) is 0.759. The van der Waals surface area contributed by atoms with Crippen LogP contribution in [-0.4, -0.2) is 48.7 Å². The fourth-order valence-corrected chi connectivity index (χ4v) is 4.06. The van der Waals surface area contributed by atoms with E-state index in [9.17, 15) is 13.2 Å². The second-order valence-corrected chi connectivity index (χ2v) is 7.58. The summed E-state index contributed by atoms with van der Waals surface area (Å²) in [5, 5.41) is 0. The van der Waals surface area contributed by atoms with Crippen LogP contribution in [0.3, 0.4) is 0 Å². The minimum atomic E-state index is -3.59. The van der Waals surface area contributed by atoms with E-state index in [0.717, 1.165) is 5.56 Å². The van der Waals surface area contributed by atoms with Gasteiger partial charge in [-0.2, -0.15) is 4.31 Å². The molecule has 0 saturated heterocycles. The number of amides is 1. The maximum absolute atomic E-state index is 12.6. The van der Waals surface area contributed by atoms with Gasteiger partial charge in [0.25, 0.3) is 5.91 Å². The number of rotatable bonds is 7. The van der Waals surface area contributed by atoms with Crippen molar-refractivity contribution in [3.8, 4) is 0 Å². The van der Waals surface area contributed by atoms with Crippen LogP contribution in [-0.2, 0) is 16.6 Å². The second-order valence-electron chi connectivity index (χ2n) is 5.64. The number of pyridine rings is 1. The molecule has 2 rings (SSSR count). The average molecular weight is 361 g/mol. The Hall–Kier alpha value is -2.25. The third-order valence-electron chi connectivity index (χ3n) is 3.91. The van der Waals surface area contributed by atoms with E-state index in [1.807, 2.05) is 12.1 Å². The van der Waals surface area contributed by atoms with Crippen molar-refractivity contribution in [3.05, 3.63) is 59.9 Å². The number of aromatic nitrogens is 1. The molecule has 2 aromatic rings. The lowest BCUT2D eigenvalue weighted by Gasteiger charge is -2.20. The van der Waals surface area contributed by atoms with Crippen molar-refractivity contribution in [2.24, 2.45) is 0 Å². The molecular weight excluding hydrogens is 338 g/mol. The summed E-state index contributed by atoms with van der Waals surface area (Å²) in [6.45, 7) is 4.75. The lowest BCUT2D eigenvalue weighted by Crippen LogP contribution is -2.31. The molecule has 0 bridgehead atoms. The van der Waals surface area contributed by atoms with Gasteiger partial charge in [-0.25, -0.2) is 8.42 Å². The van der Waals surface area contributed by atoms with Crippen molar-refractivity contribution in [2.75, 3.05) is 20.1 Å². The van der Waals surface area contributed by atoms with Gasteiger partial charge in [0, 0.05) is 44.6 Å². The number of benzene rings is 1. The van der Waals surface area contributed by atoms with Gasteiger partial charge < -0.3 is 4.90 Å². The van der Waals surface area contributed by atoms with Crippen LogP contribution in [0.4, 0.5) is 0 Å². The molecule has 1 aromatic heterocycles. The Balaban J connectivity index is 2.24. The highest BCUT2D eigenvalue weighted by Crippen LogP contribution is 2.18. The van der Waals surface area contributed by atoms with Crippen LogP contribution in [0, 0.1) is 0 Å². The lowest BCUT2D eigenvalue weighted by molar-refractivity contribution is 0.0784. The molecular formula is C18H23N3O3S. The predicted molar refractivity (Wildman–Crippen MR) is 96.6 cm³/mol. The van der Waals surface area contributed by atoms with Crippen molar-refractivity contribution in [1.29, 1.82) is 0 Å². The van der Waals surface area contributed by atoms with Crippen LogP contribution in [0.5, 0.6) is 0 Å². The Morgan fingerprint density at radius 3 is 2.44 bits per heavy atom. The first-order valence-corrected chi connectivity index (χ1v) is 9.58. The number of carbonyl (C=O) groups is 1. The van der Waals surface area contributed by atoms with Crippen molar-refractivity contribution >= 4 is 15.9 Å². The number of nitrogens with zero attached hydrogens (tertiary/aromatic N) is 3. The molecule has 0 aliphatic carbocycles. The van der Waals surface area contributed by atoms with E-state index in [4.69, 9.17) is 0 Å². The van der Waals surface area contributed by atoms with Gasteiger partial charge in [-0.05, 0) is 29.8 Å². The molecule has 0 spiro atoms. The summed E-state index contributed by atoms with van der Waals surface area (Å²) >= 11 is 0. The molecule has 6 nitrogen and oxygen atoms in total. The fraction of sp³-hybridized carbons (Fsp3) is 0.333. The van der Waals surface area contributed by atoms with Gasteiger partial charge in [-0.15, -0.1) is 0 Å². The van der Waals surface area contributed by atoms with Gasteiger partial charge in [0.05, 0.1) is 4.90 Å². The second kappa shape index (κ2) is 8.22. The summed E-state index contributed by atoms with van der Waals surface area (Å²) in [4.78, 5) is 18.3. The molecule has 0 N–H and O–H groups in total. The van der Waals surface area contributed by atoms with Crippen molar-refractivity contribution < 1.29 is 13.2 Å². The smallest absolute Gasteiger partial charge is 0.253 e. The summed E-state index contributed by atoms with van der Waals surface area (Å²) in [5.41, 5.74) is 1.25. The molecule has 134 valence electrons. The molecule has 1 amide bonds. The van der Waals surface area contributed by atoms with Gasteiger partial charge in [-0.1, -0.05) is 26.0 Å². The maximum atomic E-state index is 12.6. The van der Waals surface area contributed by atoms with E-state index >= 15 is 0 Å². The van der Waals surface area contributed by atoms with Crippen molar-refractivity contribution in [2.45, 2.75) is 25.3 Å². The zero-order valence-corrected chi connectivity index (χ0v) is 15.5. The van der Waals surface area contributed by atoms with Crippen LogP contribution < -0.4 is 0 Å². The minimum absolute atomic E-state index is 0.136. The van der Waals surface area contributed by atoms with Crippen molar-refractivity contribution in [1.82, 2.24) is 14.2 Å². The van der Waals surface area contributed by atoms with Gasteiger partial charge in [0.2, 0.25) is 10.0 Å². The Morgan fingerprint density at radius 1 is 1.12 bits per heavy atom. The first-order valence-electron chi connectivity index (χ1n) is 8.14. The Bertz CT molecular complexity index is 818. The van der Waals surface area contributed by atoms with E-state index in [0.29, 0.717) is 25.2 Å². The third-order valence-corrected chi connectivity index (χ3v) is 5.96. The zero-order chi connectivity index (χ0) is 18.4. The number of carbonyl (C=O) groups excluding carboxylic acids is 1. The first-order chi connectivity index (χ1) is 11.9. The van der Waals surface area contributed by atoms with Crippen LogP contribution in [0.2, 0.25) is 0 Å². The molecule has 0 saturated carbocycles. The van der Waals surface area contributed by atoms with Crippen LogP contribution >= 0.6 is 0 Å². The van der Waals surface area contributed by atoms with Crippen molar-refractivity contribution in [3.63, 3.8) is 0 Å². The van der Waals surface area contributed by atoms with Crippen LogP contribution in [0.1, 0.15) is 29.8 Å². The summed E-state index contributed by atoms with van der Waals surface area (Å²) in [7, 11) is -1.91. The van der Waals surface area contributed by atoms with E-state index in [-0.39, 0.29) is 10.8 Å². The van der Waals surface area contributed by atoms with Gasteiger partial charge >= 0.3 is 0 Å². The molecule has 0 aliphatic heterocycles. The van der Waals surface area contributed by atoms with E-state index < -0.39 is 10.0 Å². The van der Waals surface area contributed by atoms with E-state index in [2.05, 4.69) is 4.98 Å². The van der Waals surface area contributed by atoms with Gasteiger partial charge in [0.15, 0.2) is 0 Å². The summed E-state index contributed by atoms with van der Waals surface area (Å²) < 4.78 is 26.6. The number of sulfonamides is 1. The molecule has 0 radical (unpaired) electrons. The third kappa shape index (κ3) is 4.43. The molecule has 1 aromatic carbocycles. The van der Waals surface area contributed by atoms with E-state index in [1.165, 1.54) is 16.4 Å². The van der Waals surface area contributed by atoms with Gasteiger partial charge in [0.1, 0.15) is 0 Å². The zero-order valence-electron chi connectivity index (χ0n) is 14.7. The molecule has 25 heavy (non-hydrogen) atoms. The predicted octanol–water partition coefficient (Wildman–Crippen LogP) is 2.38. The highest BCUT2D eigenvalue weighted by molar-refractivity contribution is 7.89. The van der Waals surface area contributed by atoms with Crippen LogP contribution in [0.15, 0.2) is 53.7 Å². The SMILES string of the molecule is CCN(CC)S(=O)(=O)c1cccc(C(=O)N(C)Cc2cccnc2)c1. The average Bonchev–Trinajstić information content (AvgIpc) is 2.62. The highest BCUT2D eigenvalue weighted by atomic mass is 32.2. The maximum Gasteiger partial charge on any atom is 0.253 e. The minimum Gasteiger partial charge on any atom is -0.337 e. The number of hydrogen-bond acceptors (Lipinski definition) is 4. The Kier molecular flexibility index (Phi) is 6.27. The largest absolute Gasteiger partial charge is 0.337 e. The van der Waals surface area contributed by atoms with Crippen LogP contribution in [0.25, 0.3) is 0 Å².